The largest absolute Gasteiger partial charge is 0.294 e. The Labute approximate surface area is 287 Å². The van der Waals surface area contributed by atoms with Crippen LogP contribution < -0.4 is 0 Å². The molecule has 6 atom stereocenters. The first kappa shape index (κ1) is 35.3. The maximum Gasteiger partial charge on any atom is 0.0101 e. The molecule has 6 saturated carbocycles. The van der Waals surface area contributed by atoms with E-state index < -0.39 is 0 Å². The number of hydrogen-bond donors (Lipinski definition) is 0. The molecule has 0 aromatic rings. The average Bonchev–Trinajstić information content (AvgIpc) is 3.40. The molecule has 0 aliphatic heterocycles. The van der Waals surface area contributed by atoms with Crippen molar-refractivity contribution in [2.45, 2.75) is 205 Å². The van der Waals surface area contributed by atoms with Gasteiger partial charge < -0.3 is 0 Å². The zero-order chi connectivity index (χ0) is 31.9. The van der Waals surface area contributed by atoms with Gasteiger partial charge in [0.1, 0.15) is 0 Å². The fraction of sp³-hybridized carbons (Fsp3) is 0.911. The van der Waals surface area contributed by atoms with Crippen molar-refractivity contribution in [3.05, 3.63) is 25.3 Å². The van der Waals surface area contributed by atoms with Gasteiger partial charge in [0.25, 0.3) is 0 Å². The van der Waals surface area contributed by atoms with E-state index in [2.05, 4.69) is 37.5 Å². The van der Waals surface area contributed by atoms with Crippen LogP contribution in [0.2, 0.25) is 0 Å². The summed E-state index contributed by atoms with van der Waals surface area (Å²) in [5.74, 6) is 7.57. The molecule has 6 fully saturated rings. The van der Waals surface area contributed by atoms with Crippen LogP contribution in [-0.2, 0) is 0 Å². The van der Waals surface area contributed by atoms with Gasteiger partial charge in [-0.05, 0) is 162 Å². The third kappa shape index (κ3) is 7.04. The lowest BCUT2D eigenvalue weighted by molar-refractivity contribution is -0.0724. The molecule has 6 aliphatic carbocycles. The molecule has 0 amide bonds. The van der Waals surface area contributed by atoms with E-state index >= 15 is 0 Å². The Morgan fingerprint density at radius 3 is 1.83 bits per heavy atom. The van der Waals surface area contributed by atoms with Crippen molar-refractivity contribution in [3.8, 4) is 0 Å². The van der Waals surface area contributed by atoms with Crippen molar-refractivity contribution in [3.63, 3.8) is 0 Å². The second-order valence-electron chi connectivity index (χ2n) is 18.0. The molecular formula is C45H77N. The lowest BCUT2D eigenvalue weighted by Gasteiger charge is -2.57. The summed E-state index contributed by atoms with van der Waals surface area (Å²) < 4.78 is 0. The Bertz CT molecular complexity index is 909. The summed E-state index contributed by atoms with van der Waals surface area (Å²) in [6, 6.07) is 2.62. The Morgan fingerprint density at radius 1 is 0.652 bits per heavy atom. The fourth-order valence-electron chi connectivity index (χ4n) is 14.5. The monoisotopic (exact) mass is 632 g/mol. The molecule has 0 aromatic carbocycles. The molecule has 0 bridgehead atoms. The molecule has 6 rings (SSSR count). The van der Waals surface area contributed by atoms with E-state index in [4.69, 9.17) is 6.58 Å². The first-order chi connectivity index (χ1) is 22.7. The van der Waals surface area contributed by atoms with Crippen molar-refractivity contribution < 1.29 is 0 Å². The van der Waals surface area contributed by atoms with Crippen LogP contribution in [0, 0.1) is 52.8 Å². The summed E-state index contributed by atoms with van der Waals surface area (Å²) in [7, 11) is 0. The highest BCUT2D eigenvalue weighted by molar-refractivity contribution is 5.16. The first-order valence-corrected chi connectivity index (χ1v) is 21.7. The average molecular weight is 632 g/mol. The highest BCUT2D eigenvalue weighted by Crippen LogP contribution is 2.70. The first-order valence-electron chi connectivity index (χ1n) is 21.7. The summed E-state index contributed by atoms with van der Waals surface area (Å²) in [5, 5.41) is 0. The Kier molecular flexibility index (Phi) is 13.0. The molecule has 0 N–H and O–H groups in total. The van der Waals surface area contributed by atoms with Crippen LogP contribution in [0.3, 0.4) is 0 Å². The van der Waals surface area contributed by atoms with Gasteiger partial charge in [-0.2, -0.15) is 0 Å². The van der Waals surface area contributed by atoms with Crippen molar-refractivity contribution in [1.29, 1.82) is 0 Å². The molecule has 0 aromatic heterocycles. The van der Waals surface area contributed by atoms with Crippen molar-refractivity contribution in [1.82, 2.24) is 4.90 Å². The summed E-state index contributed by atoms with van der Waals surface area (Å²) >= 11 is 0. The predicted octanol–water partition coefficient (Wildman–Crippen LogP) is 13.3. The van der Waals surface area contributed by atoms with E-state index in [1.807, 2.05) is 0 Å². The van der Waals surface area contributed by atoms with E-state index in [0.29, 0.717) is 5.41 Å². The lowest BCUT2D eigenvalue weighted by atomic mass is 9.49. The third-order valence-electron chi connectivity index (χ3n) is 16.2. The molecule has 0 heterocycles. The minimum atomic E-state index is 0.576. The van der Waals surface area contributed by atoms with Gasteiger partial charge in [0.2, 0.25) is 0 Å². The quantitative estimate of drug-likeness (QED) is 0.183. The van der Waals surface area contributed by atoms with Crippen LogP contribution in [0.5, 0.6) is 0 Å². The van der Waals surface area contributed by atoms with E-state index in [0.717, 1.165) is 65.5 Å². The predicted molar refractivity (Wildman–Crippen MR) is 200 cm³/mol. The second-order valence-corrected chi connectivity index (χ2v) is 18.0. The molecule has 262 valence electrons. The standard InChI is InChI=1S/C45H77N/c1-5-9-19-34(7-3)35-26-30-39(31-27-35)46(38-22-14-11-15-23-38)40-32-28-37(29-33-40)45(36-20-12-10-13-21-36)43(8-4)41(18-6-2)42-24-16-17-25-44(42)45/h5,8,34-44H,1,4,6-7,9-33H2,2-3H3. The van der Waals surface area contributed by atoms with Crippen LogP contribution in [-0.4, -0.2) is 23.0 Å². The van der Waals surface area contributed by atoms with Crippen LogP contribution in [0.25, 0.3) is 0 Å². The molecule has 6 unspecified atom stereocenters. The van der Waals surface area contributed by atoms with Gasteiger partial charge in [0.15, 0.2) is 0 Å². The van der Waals surface area contributed by atoms with Gasteiger partial charge in [-0.1, -0.05) is 90.2 Å². The molecule has 6 aliphatic rings. The summed E-state index contributed by atoms with van der Waals surface area (Å²) in [5.41, 5.74) is 0.576. The zero-order valence-corrected chi connectivity index (χ0v) is 31.0. The summed E-state index contributed by atoms with van der Waals surface area (Å²) in [4.78, 5) is 3.27. The van der Waals surface area contributed by atoms with Crippen molar-refractivity contribution in [2.24, 2.45) is 52.8 Å². The van der Waals surface area contributed by atoms with Gasteiger partial charge in [-0.15, -0.1) is 13.2 Å². The smallest absolute Gasteiger partial charge is 0.0101 e. The Hall–Kier alpha value is -0.560. The van der Waals surface area contributed by atoms with Gasteiger partial charge >= 0.3 is 0 Å². The van der Waals surface area contributed by atoms with E-state index in [1.54, 1.807) is 6.42 Å². The second kappa shape index (κ2) is 16.9. The topological polar surface area (TPSA) is 3.24 Å². The summed E-state index contributed by atoms with van der Waals surface area (Å²) in [6.07, 6.45) is 44.7. The van der Waals surface area contributed by atoms with Crippen LogP contribution >= 0.6 is 0 Å². The molecule has 1 heteroatoms. The van der Waals surface area contributed by atoms with Gasteiger partial charge in [0.05, 0.1) is 0 Å². The fourth-order valence-corrected chi connectivity index (χ4v) is 14.5. The SMILES string of the molecule is C=CCCC(CC)C1CCC(N(C2CCCCC2)C2CCC(C3(C4CCCCC4)C(C=C)C(CCC)C4CCCCC43)CC2)CC1. The Morgan fingerprint density at radius 2 is 1.22 bits per heavy atom. The molecule has 1 nitrogen and oxygen atoms in total. The maximum absolute atomic E-state index is 4.71. The zero-order valence-electron chi connectivity index (χ0n) is 31.0. The maximum atomic E-state index is 4.71. The van der Waals surface area contributed by atoms with E-state index in [9.17, 15) is 0 Å². The highest BCUT2D eigenvalue weighted by Gasteiger charge is 2.64. The molecular weight excluding hydrogens is 555 g/mol. The molecule has 0 radical (unpaired) electrons. The molecule has 0 saturated heterocycles. The van der Waals surface area contributed by atoms with E-state index in [-0.39, 0.29) is 0 Å². The molecule has 0 spiro atoms. The number of fused-ring (bicyclic) bond motifs is 1. The minimum Gasteiger partial charge on any atom is -0.294 e. The number of nitrogens with zero attached hydrogens (tertiary/aromatic N) is 1. The van der Waals surface area contributed by atoms with Crippen LogP contribution in [0.15, 0.2) is 25.3 Å². The number of allylic oxidation sites excluding steroid dienone is 2. The molecule has 46 heavy (non-hydrogen) atoms. The van der Waals surface area contributed by atoms with Crippen LogP contribution in [0.4, 0.5) is 0 Å². The Balaban J connectivity index is 1.21. The van der Waals surface area contributed by atoms with Crippen LogP contribution in [0.1, 0.15) is 187 Å². The van der Waals surface area contributed by atoms with Gasteiger partial charge in [-0.25, -0.2) is 0 Å². The highest BCUT2D eigenvalue weighted by atomic mass is 15.2. The summed E-state index contributed by atoms with van der Waals surface area (Å²) in [6.45, 7) is 13.7. The van der Waals surface area contributed by atoms with E-state index in [1.165, 1.54) is 167 Å². The minimum absolute atomic E-state index is 0.576. The van der Waals surface area contributed by atoms with Crippen molar-refractivity contribution >= 4 is 0 Å². The van der Waals surface area contributed by atoms with Crippen molar-refractivity contribution in [2.75, 3.05) is 0 Å². The third-order valence-corrected chi connectivity index (χ3v) is 16.2. The number of hydrogen-bond acceptors (Lipinski definition) is 1. The van der Waals surface area contributed by atoms with Gasteiger partial charge in [-0.3, -0.25) is 4.90 Å². The normalized spacial score (nSPS) is 40.4. The number of rotatable bonds is 13. The lowest BCUT2D eigenvalue weighted by Crippen LogP contribution is -2.54. The van der Waals surface area contributed by atoms with Gasteiger partial charge in [0, 0.05) is 18.1 Å².